The Morgan fingerprint density at radius 3 is 2.79 bits per heavy atom. The van der Waals surface area contributed by atoms with Crippen molar-refractivity contribution in [2.75, 3.05) is 0 Å². The second-order valence-electron chi connectivity index (χ2n) is 4.91. The summed E-state index contributed by atoms with van der Waals surface area (Å²) in [5.41, 5.74) is 6.54. The summed E-state index contributed by atoms with van der Waals surface area (Å²) >= 11 is 6.09. The number of benzene rings is 2. The third kappa shape index (κ3) is 3.21. The number of carbonyl (C=O) groups excluding carboxylic acids is 1. The molecule has 24 heavy (non-hydrogen) atoms. The SMILES string of the molecule is NC(=O)c1n[nH]nc1-c1ccc(F)cc1OCc1ccccc1Cl. The predicted octanol–water partition coefficient (Wildman–Crippen LogP) is 2.94. The van der Waals surface area contributed by atoms with E-state index < -0.39 is 11.7 Å². The van der Waals surface area contributed by atoms with E-state index in [4.69, 9.17) is 22.1 Å². The molecular weight excluding hydrogens is 335 g/mol. The molecule has 0 spiro atoms. The topological polar surface area (TPSA) is 93.9 Å². The first-order valence-electron chi connectivity index (χ1n) is 6.93. The zero-order valence-electron chi connectivity index (χ0n) is 12.3. The van der Waals surface area contributed by atoms with Crippen LogP contribution in [0.5, 0.6) is 5.75 Å². The van der Waals surface area contributed by atoms with Crippen LogP contribution in [0.2, 0.25) is 5.02 Å². The average molecular weight is 347 g/mol. The number of ether oxygens (including phenoxy) is 1. The Labute approximate surface area is 141 Å². The van der Waals surface area contributed by atoms with Crippen LogP contribution in [0.15, 0.2) is 42.5 Å². The first-order chi connectivity index (χ1) is 11.6. The van der Waals surface area contributed by atoms with Crippen LogP contribution in [0, 0.1) is 5.82 Å². The van der Waals surface area contributed by atoms with E-state index in [1.54, 1.807) is 18.2 Å². The van der Waals surface area contributed by atoms with Gasteiger partial charge < -0.3 is 10.5 Å². The van der Waals surface area contributed by atoms with Crippen molar-refractivity contribution in [3.63, 3.8) is 0 Å². The summed E-state index contributed by atoms with van der Waals surface area (Å²) in [6, 6.07) is 11.0. The van der Waals surface area contributed by atoms with Crippen LogP contribution < -0.4 is 10.5 Å². The molecule has 0 radical (unpaired) electrons. The molecule has 0 aliphatic heterocycles. The monoisotopic (exact) mass is 346 g/mol. The van der Waals surface area contributed by atoms with Crippen LogP contribution in [0.25, 0.3) is 11.3 Å². The fraction of sp³-hybridized carbons (Fsp3) is 0.0625. The predicted molar refractivity (Wildman–Crippen MR) is 86.1 cm³/mol. The number of nitrogens with two attached hydrogens (primary N) is 1. The molecular formula is C16H12ClFN4O2. The minimum Gasteiger partial charge on any atom is -0.488 e. The number of primary amides is 1. The minimum atomic E-state index is -0.750. The average Bonchev–Trinajstić information content (AvgIpc) is 3.04. The number of amides is 1. The fourth-order valence-electron chi connectivity index (χ4n) is 2.17. The number of H-pyrrole nitrogens is 1. The molecule has 1 heterocycles. The maximum absolute atomic E-state index is 13.6. The molecule has 122 valence electrons. The van der Waals surface area contributed by atoms with Gasteiger partial charge in [-0.3, -0.25) is 4.79 Å². The molecule has 0 aliphatic carbocycles. The normalized spacial score (nSPS) is 10.6. The second kappa shape index (κ2) is 6.67. The van der Waals surface area contributed by atoms with E-state index >= 15 is 0 Å². The molecule has 1 amide bonds. The molecule has 1 aromatic heterocycles. The Morgan fingerprint density at radius 2 is 2.04 bits per heavy atom. The number of hydrogen-bond acceptors (Lipinski definition) is 4. The summed E-state index contributed by atoms with van der Waals surface area (Å²) in [7, 11) is 0. The Hall–Kier alpha value is -2.93. The van der Waals surface area contributed by atoms with E-state index in [9.17, 15) is 9.18 Å². The van der Waals surface area contributed by atoms with Crippen LogP contribution >= 0.6 is 11.6 Å². The van der Waals surface area contributed by atoms with Gasteiger partial charge in [0.25, 0.3) is 5.91 Å². The number of carbonyl (C=O) groups is 1. The summed E-state index contributed by atoms with van der Waals surface area (Å²) in [5.74, 6) is -1.04. The highest BCUT2D eigenvalue weighted by Crippen LogP contribution is 2.32. The van der Waals surface area contributed by atoms with Gasteiger partial charge in [-0.2, -0.15) is 15.4 Å². The Bertz CT molecular complexity index is 897. The van der Waals surface area contributed by atoms with Crippen molar-refractivity contribution in [1.29, 1.82) is 0 Å². The quantitative estimate of drug-likeness (QED) is 0.742. The van der Waals surface area contributed by atoms with Gasteiger partial charge in [0.2, 0.25) is 0 Å². The van der Waals surface area contributed by atoms with Gasteiger partial charge in [0.05, 0.1) is 0 Å². The summed E-state index contributed by atoms with van der Waals surface area (Å²) in [4.78, 5) is 11.4. The van der Waals surface area contributed by atoms with Crippen molar-refractivity contribution in [2.24, 2.45) is 5.73 Å². The lowest BCUT2D eigenvalue weighted by Crippen LogP contribution is -2.13. The van der Waals surface area contributed by atoms with Crippen LogP contribution in [-0.4, -0.2) is 21.3 Å². The van der Waals surface area contributed by atoms with Crippen molar-refractivity contribution in [2.45, 2.75) is 6.61 Å². The van der Waals surface area contributed by atoms with Gasteiger partial charge in [-0.05, 0) is 18.2 Å². The molecule has 0 aliphatic rings. The van der Waals surface area contributed by atoms with Crippen molar-refractivity contribution < 1.29 is 13.9 Å². The summed E-state index contributed by atoms with van der Waals surface area (Å²) in [6.07, 6.45) is 0. The van der Waals surface area contributed by atoms with Gasteiger partial charge in [0, 0.05) is 22.2 Å². The lowest BCUT2D eigenvalue weighted by atomic mass is 10.1. The van der Waals surface area contributed by atoms with Crippen molar-refractivity contribution in [3.8, 4) is 17.0 Å². The molecule has 0 saturated heterocycles. The maximum atomic E-state index is 13.6. The number of halogens is 2. The Kier molecular flexibility index (Phi) is 4.43. The van der Waals surface area contributed by atoms with Crippen LogP contribution in [0.1, 0.15) is 16.1 Å². The van der Waals surface area contributed by atoms with Crippen LogP contribution in [-0.2, 0) is 6.61 Å². The summed E-state index contributed by atoms with van der Waals surface area (Å²) in [5, 5.41) is 10.5. The van der Waals surface area contributed by atoms with Gasteiger partial charge in [-0.15, -0.1) is 0 Å². The van der Waals surface area contributed by atoms with E-state index in [1.807, 2.05) is 6.07 Å². The van der Waals surface area contributed by atoms with Gasteiger partial charge in [0.1, 0.15) is 23.9 Å². The van der Waals surface area contributed by atoms with Gasteiger partial charge in [-0.1, -0.05) is 29.8 Å². The molecule has 0 atom stereocenters. The fourth-order valence-corrected chi connectivity index (χ4v) is 2.36. The first-order valence-corrected chi connectivity index (χ1v) is 7.30. The summed E-state index contributed by atoms with van der Waals surface area (Å²) in [6.45, 7) is 0.125. The molecule has 0 saturated carbocycles. The summed E-state index contributed by atoms with van der Waals surface area (Å²) < 4.78 is 19.3. The highest BCUT2D eigenvalue weighted by Gasteiger charge is 2.19. The van der Waals surface area contributed by atoms with E-state index in [0.717, 1.165) is 5.56 Å². The number of aromatic amines is 1. The molecule has 3 N–H and O–H groups in total. The van der Waals surface area contributed by atoms with Crippen LogP contribution in [0.3, 0.4) is 0 Å². The number of hydrogen-bond donors (Lipinski definition) is 2. The van der Waals surface area contributed by atoms with Crippen molar-refractivity contribution >= 4 is 17.5 Å². The molecule has 3 rings (SSSR count). The number of aromatic nitrogens is 3. The van der Waals surface area contributed by atoms with E-state index in [0.29, 0.717) is 10.6 Å². The lowest BCUT2D eigenvalue weighted by molar-refractivity contribution is 0.0996. The molecule has 0 fully saturated rings. The molecule has 8 heteroatoms. The maximum Gasteiger partial charge on any atom is 0.271 e. The van der Waals surface area contributed by atoms with Crippen LogP contribution in [0.4, 0.5) is 4.39 Å². The second-order valence-corrected chi connectivity index (χ2v) is 5.31. The van der Waals surface area contributed by atoms with E-state index in [1.165, 1.54) is 18.2 Å². The molecule has 0 bridgehead atoms. The lowest BCUT2D eigenvalue weighted by Gasteiger charge is -2.11. The Morgan fingerprint density at radius 1 is 1.25 bits per heavy atom. The van der Waals surface area contributed by atoms with E-state index in [-0.39, 0.29) is 23.7 Å². The molecule has 6 nitrogen and oxygen atoms in total. The highest BCUT2D eigenvalue weighted by atomic mass is 35.5. The number of rotatable bonds is 5. The number of nitrogens with zero attached hydrogens (tertiary/aromatic N) is 2. The standard InChI is InChI=1S/C16H12ClFN4O2/c17-12-4-2-1-3-9(12)8-24-13-7-10(18)5-6-11(13)14-15(16(19)23)21-22-20-14/h1-7H,8H2,(H2,19,23)(H,20,21,22). The third-order valence-corrected chi connectivity index (χ3v) is 3.69. The van der Waals surface area contributed by atoms with Gasteiger partial charge in [-0.25, -0.2) is 4.39 Å². The van der Waals surface area contributed by atoms with Gasteiger partial charge >= 0.3 is 0 Å². The van der Waals surface area contributed by atoms with Crippen molar-refractivity contribution in [1.82, 2.24) is 15.4 Å². The molecule has 0 unspecified atom stereocenters. The molecule has 3 aromatic rings. The van der Waals surface area contributed by atoms with Crippen molar-refractivity contribution in [3.05, 3.63) is 64.6 Å². The smallest absolute Gasteiger partial charge is 0.271 e. The zero-order chi connectivity index (χ0) is 17.1. The number of nitrogens with one attached hydrogen (secondary N) is 1. The largest absolute Gasteiger partial charge is 0.488 e. The zero-order valence-corrected chi connectivity index (χ0v) is 13.0. The third-order valence-electron chi connectivity index (χ3n) is 3.32. The molecule has 2 aromatic carbocycles. The highest BCUT2D eigenvalue weighted by molar-refractivity contribution is 6.31. The van der Waals surface area contributed by atoms with E-state index in [2.05, 4.69) is 15.4 Å². The Balaban J connectivity index is 1.96. The van der Waals surface area contributed by atoms with Gasteiger partial charge in [0.15, 0.2) is 5.69 Å². The first kappa shape index (κ1) is 15.9. The minimum absolute atomic E-state index is 0.0517.